The summed E-state index contributed by atoms with van der Waals surface area (Å²) in [6.07, 6.45) is 3.78. The predicted octanol–water partition coefficient (Wildman–Crippen LogP) is 1.97. The minimum atomic E-state index is 0.381. The summed E-state index contributed by atoms with van der Waals surface area (Å²) in [5.41, 5.74) is 0.381. The summed E-state index contributed by atoms with van der Waals surface area (Å²) < 4.78 is 0. The quantitative estimate of drug-likeness (QED) is 0.755. The first-order chi connectivity index (χ1) is 7.83. The second-order valence-electron chi connectivity index (χ2n) is 4.28. The van der Waals surface area contributed by atoms with Gasteiger partial charge >= 0.3 is 0 Å². The summed E-state index contributed by atoms with van der Waals surface area (Å²) in [6.45, 7) is 4.25. The smallest absolute Gasteiger partial charge is 0.163 e. The van der Waals surface area contributed by atoms with Gasteiger partial charge in [-0.1, -0.05) is 6.92 Å². The first-order valence-electron chi connectivity index (χ1n) is 5.82. The van der Waals surface area contributed by atoms with Crippen LogP contribution in [0.4, 0.5) is 5.82 Å². The third kappa shape index (κ3) is 2.69. The van der Waals surface area contributed by atoms with E-state index in [0.29, 0.717) is 5.69 Å². The van der Waals surface area contributed by atoms with Crippen molar-refractivity contribution in [3.05, 3.63) is 17.8 Å². The fourth-order valence-corrected chi connectivity index (χ4v) is 1.73. The molecule has 1 saturated carbocycles. The Bertz CT molecular complexity index is 375. The van der Waals surface area contributed by atoms with Gasteiger partial charge in [-0.2, -0.15) is 5.26 Å². The summed E-state index contributed by atoms with van der Waals surface area (Å²) in [7, 11) is 0. The van der Waals surface area contributed by atoms with Crippen molar-refractivity contribution in [2.24, 2.45) is 5.92 Å². The highest BCUT2D eigenvalue weighted by atomic mass is 15.3. The lowest BCUT2D eigenvalue weighted by Gasteiger charge is -2.22. The SMILES string of the molecule is CCCN(CC1CC1)c1ccc(C#N)nn1. The minimum Gasteiger partial charge on any atom is -0.355 e. The molecule has 1 heterocycles. The standard InChI is InChI=1S/C12H16N4/c1-2-7-16(9-10-3-4-10)12-6-5-11(8-13)14-15-12/h5-6,10H,2-4,7,9H2,1H3. The minimum absolute atomic E-state index is 0.381. The van der Waals surface area contributed by atoms with Crippen LogP contribution in [0.15, 0.2) is 12.1 Å². The molecule has 4 heteroatoms. The van der Waals surface area contributed by atoms with Gasteiger partial charge in [0.15, 0.2) is 11.5 Å². The molecular formula is C12H16N4. The largest absolute Gasteiger partial charge is 0.355 e. The van der Waals surface area contributed by atoms with Gasteiger partial charge in [0.2, 0.25) is 0 Å². The molecule has 0 unspecified atom stereocenters. The van der Waals surface area contributed by atoms with E-state index in [1.807, 2.05) is 12.1 Å². The van der Waals surface area contributed by atoms with Gasteiger partial charge in [0.1, 0.15) is 6.07 Å². The second-order valence-corrected chi connectivity index (χ2v) is 4.28. The van der Waals surface area contributed by atoms with Crippen LogP contribution < -0.4 is 4.90 Å². The summed E-state index contributed by atoms with van der Waals surface area (Å²) >= 11 is 0. The first-order valence-corrected chi connectivity index (χ1v) is 5.82. The van der Waals surface area contributed by atoms with Crippen LogP contribution in [0.2, 0.25) is 0 Å². The molecule has 0 N–H and O–H groups in total. The van der Waals surface area contributed by atoms with Crippen molar-refractivity contribution in [2.75, 3.05) is 18.0 Å². The Morgan fingerprint density at radius 1 is 1.44 bits per heavy atom. The van der Waals surface area contributed by atoms with Gasteiger partial charge in [0.25, 0.3) is 0 Å². The highest BCUT2D eigenvalue weighted by Gasteiger charge is 2.24. The fourth-order valence-electron chi connectivity index (χ4n) is 1.73. The van der Waals surface area contributed by atoms with Crippen LogP contribution in [-0.2, 0) is 0 Å². The molecule has 0 aromatic carbocycles. The predicted molar refractivity (Wildman–Crippen MR) is 62.0 cm³/mol. The van der Waals surface area contributed by atoms with Gasteiger partial charge in [-0.15, -0.1) is 10.2 Å². The Balaban J connectivity index is 2.07. The normalized spacial score (nSPS) is 14.5. The van der Waals surface area contributed by atoms with Crippen LogP contribution in [0.1, 0.15) is 31.9 Å². The molecule has 1 fully saturated rings. The molecule has 0 bridgehead atoms. The molecule has 4 nitrogen and oxygen atoms in total. The number of hydrogen-bond donors (Lipinski definition) is 0. The third-order valence-electron chi connectivity index (χ3n) is 2.76. The molecule has 0 radical (unpaired) electrons. The molecule has 84 valence electrons. The highest BCUT2D eigenvalue weighted by Crippen LogP contribution is 2.30. The summed E-state index contributed by atoms with van der Waals surface area (Å²) in [5.74, 6) is 1.73. The molecule has 16 heavy (non-hydrogen) atoms. The Kier molecular flexibility index (Phi) is 3.35. The van der Waals surface area contributed by atoms with Crippen LogP contribution in [0, 0.1) is 17.2 Å². The lowest BCUT2D eigenvalue weighted by Crippen LogP contribution is -2.27. The van der Waals surface area contributed by atoms with Crippen LogP contribution in [0.5, 0.6) is 0 Å². The van der Waals surface area contributed by atoms with E-state index < -0.39 is 0 Å². The van der Waals surface area contributed by atoms with Crippen LogP contribution in [0.25, 0.3) is 0 Å². The van der Waals surface area contributed by atoms with Crippen LogP contribution in [-0.4, -0.2) is 23.3 Å². The second kappa shape index (κ2) is 4.93. The lowest BCUT2D eigenvalue weighted by molar-refractivity contribution is 0.692. The van der Waals surface area contributed by atoms with Crippen molar-refractivity contribution >= 4 is 5.82 Å². The monoisotopic (exact) mass is 216 g/mol. The summed E-state index contributed by atoms with van der Waals surface area (Å²) in [6, 6.07) is 5.61. The van der Waals surface area contributed by atoms with E-state index in [4.69, 9.17) is 5.26 Å². The number of rotatable bonds is 5. The number of hydrogen-bond acceptors (Lipinski definition) is 4. The van der Waals surface area contributed by atoms with Gasteiger partial charge in [-0.25, -0.2) is 0 Å². The van der Waals surface area contributed by atoms with Gasteiger partial charge in [-0.05, 0) is 37.3 Å². The zero-order chi connectivity index (χ0) is 11.4. The van der Waals surface area contributed by atoms with Crippen molar-refractivity contribution in [3.8, 4) is 6.07 Å². The van der Waals surface area contributed by atoms with Gasteiger partial charge in [0.05, 0.1) is 0 Å². The maximum Gasteiger partial charge on any atom is 0.163 e. The summed E-state index contributed by atoms with van der Waals surface area (Å²) in [4.78, 5) is 2.27. The maximum atomic E-state index is 8.66. The highest BCUT2D eigenvalue weighted by molar-refractivity contribution is 5.39. The lowest BCUT2D eigenvalue weighted by atomic mass is 10.3. The van der Waals surface area contributed by atoms with Crippen molar-refractivity contribution < 1.29 is 0 Å². The molecule has 0 atom stereocenters. The van der Waals surface area contributed by atoms with Gasteiger partial charge in [-0.3, -0.25) is 0 Å². The summed E-state index contributed by atoms with van der Waals surface area (Å²) in [5, 5.41) is 16.6. The first kappa shape index (κ1) is 10.9. The molecular weight excluding hydrogens is 200 g/mol. The number of nitriles is 1. The van der Waals surface area contributed by atoms with Crippen molar-refractivity contribution in [1.29, 1.82) is 5.26 Å². The molecule has 0 amide bonds. The van der Waals surface area contributed by atoms with E-state index in [9.17, 15) is 0 Å². The van der Waals surface area contributed by atoms with Crippen LogP contribution in [0.3, 0.4) is 0 Å². The third-order valence-corrected chi connectivity index (χ3v) is 2.76. The zero-order valence-corrected chi connectivity index (χ0v) is 9.56. The van der Waals surface area contributed by atoms with E-state index >= 15 is 0 Å². The van der Waals surface area contributed by atoms with E-state index in [1.54, 1.807) is 6.07 Å². The maximum absolute atomic E-state index is 8.66. The molecule has 1 aromatic heterocycles. The molecule has 2 rings (SSSR count). The zero-order valence-electron chi connectivity index (χ0n) is 9.56. The van der Waals surface area contributed by atoms with Crippen molar-refractivity contribution in [3.63, 3.8) is 0 Å². The molecule has 1 aliphatic carbocycles. The van der Waals surface area contributed by atoms with E-state index in [1.165, 1.54) is 12.8 Å². The van der Waals surface area contributed by atoms with E-state index in [2.05, 4.69) is 22.0 Å². The van der Waals surface area contributed by atoms with Crippen molar-refractivity contribution in [2.45, 2.75) is 26.2 Å². The van der Waals surface area contributed by atoms with E-state index in [0.717, 1.165) is 31.2 Å². The number of anilines is 1. The molecule has 0 aliphatic heterocycles. The van der Waals surface area contributed by atoms with E-state index in [-0.39, 0.29) is 0 Å². The molecule has 1 aliphatic rings. The van der Waals surface area contributed by atoms with Crippen molar-refractivity contribution in [1.82, 2.24) is 10.2 Å². The Morgan fingerprint density at radius 3 is 2.75 bits per heavy atom. The molecule has 0 spiro atoms. The fraction of sp³-hybridized carbons (Fsp3) is 0.583. The van der Waals surface area contributed by atoms with Gasteiger partial charge < -0.3 is 4.90 Å². The number of nitrogens with zero attached hydrogens (tertiary/aromatic N) is 4. The van der Waals surface area contributed by atoms with Gasteiger partial charge in [0, 0.05) is 13.1 Å². The average molecular weight is 216 g/mol. The van der Waals surface area contributed by atoms with Crippen LogP contribution >= 0.6 is 0 Å². The molecule has 1 aromatic rings. The molecule has 0 saturated heterocycles. The Morgan fingerprint density at radius 2 is 2.25 bits per heavy atom. The Labute approximate surface area is 95.9 Å². The Hall–Kier alpha value is -1.63. The number of aromatic nitrogens is 2. The topological polar surface area (TPSA) is 52.8 Å². The average Bonchev–Trinajstić information content (AvgIpc) is 3.13.